The van der Waals surface area contributed by atoms with Crippen LogP contribution in [0.25, 0.3) is 10.9 Å². The van der Waals surface area contributed by atoms with Crippen LogP contribution in [-0.2, 0) is 25.7 Å². The van der Waals surface area contributed by atoms with Gasteiger partial charge in [-0.1, -0.05) is 0 Å². The number of rotatable bonds is 7. The molecule has 1 aromatic carbocycles. The number of nitrogens with zero attached hydrogens (tertiary/aromatic N) is 4. The second kappa shape index (κ2) is 9.86. The highest BCUT2D eigenvalue weighted by molar-refractivity contribution is 5.90. The Morgan fingerprint density at radius 1 is 1.00 bits per heavy atom. The Hall–Kier alpha value is -3.02. The van der Waals surface area contributed by atoms with Crippen molar-refractivity contribution >= 4 is 28.7 Å². The third-order valence-electron chi connectivity index (χ3n) is 6.20. The van der Waals surface area contributed by atoms with Gasteiger partial charge >= 0.3 is 11.9 Å². The number of piperazine rings is 1. The Labute approximate surface area is 189 Å². The average molecular weight is 462 g/mol. The molecule has 178 valence electrons. The molecule has 0 unspecified atom stereocenters. The molecule has 1 atom stereocenters. The Morgan fingerprint density at radius 3 is 2.33 bits per heavy atom. The third kappa shape index (κ3) is 5.15. The summed E-state index contributed by atoms with van der Waals surface area (Å²) in [6, 6.07) is 2.94. The van der Waals surface area contributed by atoms with E-state index in [-0.39, 0.29) is 12.5 Å². The Balaban J connectivity index is 1.50. The first-order valence-electron chi connectivity index (χ1n) is 10.9. The van der Waals surface area contributed by atoms with Crippen molar-refractivity contribution in [3.8, 4) is 0 Å². The van der Waals surface area contributed by atoms with Crippen LogP contribution in [0.1, 0.15) is 11.6 Å². The van der Waals surface area contributed by atoms with E-state index in [0.29, 0.717) is 68.9 Å². The molecule has 2 aliphatic heterocycles. The molecule has 0 radical (unpaired) electrons. The number of fused-ring (bicyclic) bond motifs is 1. The Morgan fingerprint density at radius 2 is 1.70 bits per heavy atom. The van der Waals surface area contributed by atoms with Crippen molar-refractivity contribution in [2.75, 3.05) is 59.0 Å². The molecule has 0 saturated carbocycles. The first-order valence-corrected chi connectivity index (χ1v) is 10.9. The van der Waals surface area contributed by atoms with Crippen LogP contribution in [0.15, 0.2) is 24.4 Å². The van der Waals surface area contributed by atoms with Gasteiger partial charge in [0.1, 0.15) is 18.4 Å². The molecule has 33 heavy (non-hydrogen) atoms. The molecule has 2 fully saturated rings. The maximum atomic E-state index is 13.8. The molecule has 3 heterocycles. The summed E-state index contributed by atoms with van der Waals surface area (Å²) in [7, 11) is 0. The molecule has 0 aliphatic carbocycles. The second-order valence-corrected chi connectivity index (χ2v) is 8.31. The van der Waals surface area contributed by atoms with Gasteiger partial charge in [0.25, 0.3) is 0 Å². The molecule has 0 spiro atoms. The highest BCUT2D eigenvalue weighted by Crippen LogP contribution is 2.32. The minimum Gasteiger partial charge on any atom is -0.480 e. The second-order valence-electron chi connectivity index (χ2n) is 8.31. The van der Waals surface area contributed by atoms with Gasteiger partial charge in [-0.3, -0.25) is 24.2 Å². The zero-order valence-corrected chi connectivity index (χ0v) is 18.2. The topological polar surface area (TPSA) is 116 Å². The van der Waals surface area contributed by atoms with Gasteiger partial charge in [0.15, 0.2) is 0 Å². The van der Waals surface area contributed by atoms with Gasteiger partial charge < -0.3 is 24.4 Å². The summed E-state index contributed by atoms with van der Waals surface area (Å²) in [5.41, 5.74) is 0.769. The summed E-state index contributed by atoms with van der Waals surface area (Å²) >= 11 is 0. The molecular weight excluding hydrogens is 435 g/mol. The molecule has 4 rings (SSSR count). The van der Waals surface area contributed by atoms with Gasteiger partial charge in [-0.25, -0.2) is 4.39 Å². The molecular formula is C22H27FN4O6. The summed E-state index contributed by atoms with van der Waals surface area (Å²) < 4.78 is 20.5. The molecule has 2 aliphatic rings. The quantitative estimate of drug-likeness (QED) is 0.610. The van der Waals surface area contributed by atoms with Crippen molar-refractivity contribution in [2.24, 2.45) is 0 Å². The molecule has 2 saturated heterocycles. The molecule has 1 aromatic heterocycles. The summed E-state index contributed by atoms with van der Waals surface area (Å²) in [6.07, 6.45) is 1.49. The minimum absolute atomic E-state index is 0.0419. The smallest absolute Gasteiger partial charge is 0.325 e. The Kier molecular flexibility index (Phi) is 6.91. The van der Waals surface area contributed by atoms with Crippen molar-refractivity contribution in [1.82, 2.24) is 19.3 Å². The fraction of sp³-hybridized carbons (Fsp3) is 0.500. The summed E-state index contributed by atoms with van der Waals surface area (Å²) in [5, 5.41) is 19.8. The van der Waals surface area contributed by atoms with Gasteiger partial charge in [0.05, 0.1) is 25.3 Å². The number of morpholine rings is 1. The maximum absolute atomic E-state index is 13.8. The van der Waals surface area contributed by atoms with Crippen molar-refractivity contribution in [1.29, 1.82) is 0 Å². The van der Waals surface area contributed by atoms with Crippen LogP contribution in [0.5, 0.6) is 0 Å². The number of hydrogen-bond acceptors (Lipinski definition) is 6. The SMILES string of the molecule is O=C(O)Cn1cc([C@@H](C(=O)O)N2CCN(CC(=O)N3CCOCC3)CC2)c2ccc(F)cc21. The fourth-order valence-corrected chi connectivity index (χ4v) is 4.56. The number of aromatic nitrogens is 1. The number of benzene rings is 1. The first-order chi connectivity index (χ1) is 15.8. The monoisotopic (exact) mass is 462 g/mol. The molecule has 0 bridgehead atoms. The van der Waals surface area contributed by atoms with Crippen LogP contribution in [0.3, 0.4) is 0 Å². The van der Waals surface area contributed by atoms with E-state index in [2.05, 4.69) is 0 Å². The van der Waals surface area contributed by atoms with Gasteiger partial charge in [0.2, 0.25) is 5.91 Å². The maximum Gasteiger partial charge on any atom is 0.325 e. The normalized spacial score (nSPS) is 19.0. The van der Waals surface area contributed by atoms with Crippen molar-refractivity contribution in [2.45, 2.75) is 12.6 Å². The number of carboxylic acids is 2. The number of carboxylic acid groups (broad SMARTS) is 2. The van der Waals surface area contributed by atoms with Crippen molar-refractivity contribution < 1.29 is 33.7 Å². The van der Waals surface area contributed by atoms with E-state index in [4.69, 9.17) is 4.74 Å². The van der Waals surface area contributed by atoms with Crippen LogP contribution in [0.4, 0.5) is 4.39 Å². The van der Waals surface area contributed by atoms with Gasteiger partial charge in [-0.15, -0.1) is 0 Å². The summed E-state index contributed by atoms with van der Waals surface area (Å²) in [4.78, 5) is 41.7. The van der Waals surface area contributed by atoms with Crippen molar-refractivity contribution in [3.63, 3.8) is 0 Å². The summed E-state index contributed by atoms with van der Waals surface area (Å²) in [6.45, 7) is 4.05. The van der Waals surface area contributed by atoms with E-state index in [1.807, 2.05) is 4.90 Å². The zero-order valence-electron chi connectivity index (χ0n) is 18.2. The highest BCUT2D eigenvalue weighted by atomic mass is 19.1. The predicted molar refractivity (Wildman–Crippen MR) is 115 cm³/mol. The third-order valence-corrected chi connectivity index (χ3v) is 6.20. The number of carbonyl (C=O) groups is 3. The lowest BCUT2D eigenvalue weighted by Crippen LogP contribution is -2.52. The van der Waals surface area contributed by atoms with E-state index in [1.165, 1.54) is 29.0 Å². The fourth-order valence-electron chi connectivity index (χ4n) is 4.56. The predicted octanol–water partition coefficient (Wildman–Crippen LogP) is 0.467. The van der Waals surface area contributed by atoms with E-state index < -0.39 is 30.3 Å². The molecule has 11 heteroatoms. The van der Waals surface area contributed by atoms with Gasteiger partial charge in [0, 0.05) is 56.4 Å². The van der Waals surface area contributed by atoms with Crippen LogP contribution >= 0.6 is 0 Å². The number of halogens is 1. The lowest BCUT2D eigenvalue weighted by molar-refractivity contribution is -0.145. The Bertz CT molecular complexity index is 1040. The average Bonchev–Trinajstić information content (AvgIpc) is 3.11. The lowest BCUT2D eigenvalue weighted by atomic mass is 10.0. The molecule has 1 amide bonds. The van der Waals surface area contributed by atoms with Crippen LogP contribution < -0.4 is 0 Å². The molecule has 2 N–H and O–H groups in total. The number of ether oxygens (including phenoxy) is 1. The van der Waals surface area contributed by atoms with Crippen LogP contribution in [0, 0.1) is 5.82 Å². The standard InChI is InChI=1S/C22H27FN4O6/c23-15-1-2-16-17(12-27(14-20(29)30)18(16)11-15)21(22(31)32)26-5-3-24(4-6-26)13-19(28)25-7-9-33-10-8-25/h1-2,11-12,21H,3-10,13-14H2,(H,29,30)(H,31,32)/t21-/m0/s1. The zero-order chi connectivity index (χ0) is 23.5. The van der Waals surface area contributed by atoms with E-state index in [0.717, 1.165) is 0 Å². The van der Waals surface area contributed by atoms with Gasteiger partial charge in [-0.05, 0) is 18.2 Å². The number of amides is 1. The molecule has 2 aromatic rings. The largest absolute Gasteiger partial charge is 0.480 e. The van der Waals surface area contributed by atoms with Crippen molar-refractivity contribution in [3.05, 3.63) is 35.8 Å². The van der Waals surface area contributed by atoms with Crippen LogP contribution in [0.2, 0.25) is 0 Å². The number of aliphatic carboxylic acids is 2. The first kappa shape index (κ1) is 23.1. The van der Waals surface area contributed by atoms with Gasteiger partial charge in [-0.2, -0.15) is 0 Å². The molecule has 10 nitrogen and oxygen atoms in total. The minimum atomic E-state index is -1.10. The van der Waals surface area contributed by atoms with E-state index >= 15 is 0 Å². The highest BCUT2D eigenvalue weighted by Gasteiger charge is 2.33. The number of hydrogen-bond donors (Lipinski definition) is 2. The summed E-state index contributed by atoms with van der Waals surface area (Å²) in [5.74, 6) is -2.65. The van der Waals surface area contributed by atoms with E-state index in [9.17, 15) is 29.0 Å². The van der Waals surface area contributed by atoms with E-state index in [1.54, 1.807) is 9.80 Å². The lowest BCUT2D eigenvalue weighted by Gasteiger charge is -2.38. The number of carbonyl (C=O) groups excluding carboxylic acids is 1. The van der Waals surface area contributed by atoms with Crippen LogP contribution in [-0.4, -0.2) is 106 Å².